The average molecular weight is 384 g/mol. The smallest absolute Gasteiger partial charge is 0.288 e. The Morgan fingerprint density at radius 3 is 2.35 bits per heavy atom. The number of aliphatic imine (C=N–C) groups is 1. The molecule has 0 spiro atoms. The molecule has 4 N–H and O–H groups in total. The van der Waals surface area contributed by atoms with Crippen LogP contribution in [0.3, 0.4) is 0 Å². The van der Waals surface area contributed by atoms with E-state index in [2.05, 4.69) is 4.99 Å². The van der Waals surface area contributed by atoms with Crippen molar-refractivity contribution in [1.29, 1.82) is 0 Å². The molecule has 0 radical (unpaired) electrons. The number of nitrogens with zero attached hydrogens (tertiary/aromatic N) is 2. The van der Waals surface area contributed by atoms with E-state index in [4.69, 9.17) is 11.5 Å². The molecule has 1 aromatic rings. The highest BCUT2D eigenvalue weighted by atomic mass is 32.2. The predicted molar refractivity (Wildman–Crippen MR) is 98.8 cm³/mol. The van der Waals surface area contributed by atoms with Crippen LogP contribution in [-0.2, 0) is 16.3 Å². The number of carbonyl (C=O) groups excluding carboxylic acids is 1. The molecule has 0 aromatic heterocycles. The third-order valence-electron chi connectivity index (χ3n) is 3.83. The Balaban J connectivity index is 3.43. The summed E-state index contributed by atoms with van der Waals surface area (Å²) in [4.78, 5) is 25.7. The zero-order valence-electron chi connectivity index (χ0n) is 14.9. The van der Waals surface area contributed by atoms with Crippen LogP contribution in [0.5, 0.6) is 0 Å². The number of aryl methyl sites for hydroxylation is 1. The molecule has 1 amide bonds. The molecule has 0 saturated carbocycles. The van der Waals surface area contributed by atoms with Crippen molar-refractivity contribution in [3.8, 4) is 0 Å². The second-order valence-electron chi connectivity index (χ2n) is 5.81. The van der Waals surface area contributed by atoms with Crippen LogP contribution in [0.4, 0.5) is 5.69 Å². The van der Waals surface area contributed by atoms with Gasteiger partial charge in [-0.2, -0.15) is 4.99 Å². The van der Waals surface area contributed by atoms with Crippen LogP contribution in [0.25, 0.3) is 0 Å². The second kappa shape index (κ2) is 9.27. The zero-order valence-corrected chi connectivity index (χ0v) is 15.7. The first-order chi connectivity index (χ1) is 12.1. The summed E-state index contributed by atoms with van der Waals surface area (Å²) < 4.78 is 25.2. The van der Waals surface area contributed by atoms with Crippen molar-refractivity contribution in [2.75, 3.05) is 5.75 Å². The van der Waals surface area contributed by atoms with E-state index in [0.29, 0.717) is 12.0 Å². The molecule has 1 aromatic carbocycles. The number of benzene rings is 1. The van der Waals surface area contributed by atoms with Crippen molar-refractivity contribution in [1.82, 2.24) is 0 Å². The van der Waals surface area contributed by atoms with Gasteiger partial charge in [0.25, 0.3) is 11.6 Å². The Bertz CT molecular complexity index is 814. The number of unbranched alkanes of at least 4 members (excludes halogenated alkanes) is 3. The monoisotopic (exact) mass is 384 g/mol. The van der Waals surface area contributed by atoms with Gasteiger partial charge in [-0.3, -0.25) is 14.9 Å². The van der Waals surface area contributed by atoms with Crippen LogP contribution in [0.15, 0.2) is 22.0 Å². The minimum atomic E-state index is -3.85. The summed E-state index contributed by atoms with van der Waals surface area (Å²) >= 11 is 0. The highest BCUT2D eigenvalue weighted by Crippen LogP contribution is 2.30. The molecular weight excluding hydrogens is 360 g/mol. The zero-order chi connectivity index (χ0) is 19.9. The number of rotatable bonds is 9. The number of nitro benzene ring substituents is 1. The van der Waals surface area contributed by atoms with E-state index in [1.807, 2.05) is 6.92 Å². The van der Waals surface area contributed by atoms with Gasteiger partial charge in [0.05, 0.1) is 16.2 Å². The van der Waals surface area contributed by atoms with Crippen LogP contribution in [-0.4, -0.2) is 31.0 Å². The van der Waals surface area contributed by atoms with Gasteiger partial charge in [0, 0.05) is 6.07 Å². The highest BCUT2D eigenvalue weighted by molar-refractivity contribution is 7.91. The summed E-state index contributed by atoms with van der Waals surface area (Å²) in [5.41, 5.74) is 9.95. The summed E-state index contributed by atoms with van der Waals surface area (Å²) in [7, 11) is -3.85. The topological polar surface area (TPSA) is 159 Å². The molecule has 0 bridgehead atoms. The van der Waals surface area contributed by atoms with Crippen molar-refractivity contribution in [3.05, 3.63) is 33.4 Å². The van der Waals surface area contributed by atoms with Gasteiger partial charge in [0.1, 0.15) is 4.90 Å². The summed E-state index contributed by atoms with van der Waals surface area (Å²) in [6.45, 7) is 3.70. The number of sulfone groups is 1. The van der Waals surface area contributed by atoms with E-state index < -0.39 is 32.3 Å². The summed E-state index contributed by atoms with van der Waals surface area (Å²) in [6.07, 6.45) is 3.28. The maximum absolute atomic E-state index is 12.6. The molecule has 0 saturated heterocycles. The minimum Gasteiger partial charge on any atom is -0.370 e. The van der Waals surface area contributed by atoms with Crippen LogP contribution >= 0.6 is 0 Å². The van der Waals surface area contributed by atoms with Gasteiger partial charge in [0.15, 0.2) is 15.8 Å². The first kappa shape index (κ1) is 21.6. The SMILES string of the molecule is CCCCCCS(=O)(=O)c1cc(CC)c(C(=O)N=C(N)N)cc1[N+](=O)[O-]. The van der Waals surface area contributed by atoms with Crippen LogP contribution < -0.4 is 11.5 Å². The standard InChI is InChI=1S/C16H24N4O5S/c1-3-5-6-7-8-26(24,25)14-9-11(4-2)12(10-13(14)20(22)23)15(21)19-16(17)18/h9-10H,3-8H2,1-2H3,(H4,17,18,19,21). The first-order valence-electron chi connectivity index (χ1n) is 8.32. The molecule has 0 aliphatic rings. The second-order valence-corrected chi connectivity index (χ2v) is 7.89. The lowest BCUT2D eigenvalue weighted by Crippen LogP contribution is -2.24. The fourth-order valence-electron chi connectivity index (χ4n) is 2.50. The van der Waals surface area contributed by atoms with E-state index in [9.17, 15) is 23.3 Å². The van der Waals surface area contributed by atoms with Crippen LogP contribution in [0.2, 0.25) is 0 Å². The van der Waals surface area contributed by atoms with E-state index in [1.165, 1.54) is 6.07 Å². The number of nitrogens with two attached hydrogens (primary N) is 2. The molecule has 1 rings (SSSR count). The Labute approximate surface area is 152 Å². The quantitative estimate of drug-likeness (QED) is 0.216. The molecular formula is C16H24N4O5S. The largest absolute Gasteiger partial charge is 0.370 e. The Morgan fingerprint density at radius 1 is 1.19 bits per heavy atom. The molecule has 0 unspecified atom stereocenters. The van der Waals surface area contributed by atoms with Crippen molar-refractivity contribution < 1.29 is 18.1 Å². The highest BCUT2D eigenvalue weighted by Gasteiger charge is 2.29. The number of hydrogen-bond donors (Lipinski definition) is 2. The molecule has 26 heavy (non-hydrogen) atoms. The molecule has 0 fully saturated rings. The number of amides is 1. The maximum Gasteiger partial charge on any atom is 0.288 e. The summed E-state index contributed by atoms with van der Waals surface area (Å²) in [5.74, 6) is -1.51. The average Bonchev–Trinajstić information content (AvgIpc) is 2.56. The van der Waals surface area contributed by atoms with Gasteiger partial charge in [-0.15, -0.1) is 0 Å². The predicted octanol–water partition coefficient (Wildman–Crippen LogP) is 1.92. The van der Waals surface area contributed by atoms with Gasteiger partial charge in [-0.05, 0) is 24.5 Å². The fraction of sp³-hybridized carbons (Fsp3) is 0.500. The number of guanidine groups is 1. The third-order valence-corrected chi connectivity index (χ3v) is 5.65. The molecule has 10 heteroatoms. The Morgan fingerprint density at radius 2 is 1.85 bits per heavy atom. The first-order valence-corrected chi connectivity index (χ1v) is 9.97. The van der Waals surface area contributed by atoms with Crippen LogP contribution in [0.1, 0.15) is 55.5 Å². The minimum absolute atomic E-state index is 0.0856. The van der Waals surface area contributed by atoms with Gasteiger partial charge in [-0.1, -0.05) is 33.1 Å². The fourth-order valence-corrected chi connectivity index (χ4v) is 4.08. The summed E-state index contributed by atoms with van der Waals surface area (Å²) in [6, 6.07) is 2.12. The molecule has 0 heterocycles. The van der Waals surface area contributed by atoms with E-state index >= 15 is 0 Å². The van der Waals surface area contributed by atoms with Crippen molar-refractivity contribution in [2.24, 2.45) is 16.5 Å². The third kappa shape index (κ3) is 5.51. The van der Waals surface area contributed by atoms with E-state index in [-0.39, 0.29) is 22.6 Å². The van der Waals surface area contributed by atoms with Gasteiger partial charge in [-0.25, -0.2) is 8.42 Å². The van der Waals surface area contributed by atoms with Gasteiger partial charge in [0.2, 0.25) is 0 Å². The van der Waals surface area contributed by atoms with E-state index in [1.54, 1.807) is 6.92 Å². The Kier molecular flexibility index (Phi) is 7.69. The lowest BCUT2D eigenvalue weighted by atomic mass is 10.0. The van der Waals surface area contributed by atoms with E-state index in [0.717, 1.165) is 25.3 Å². The summed E-state index contributed by atoms with van der Waals surface area (Å²) in [5, 5.41) is 11.4. The van der Waals surface area contributed by atoms with Gasteiger partial charge >= 0.3 is 0 Å². The lowest BCUT2D eigenvalue weighted by molar-refractivity contribution is -0.387. The van der Waals surface area contributed by atoms with Crippen LogP contribution in [0, 0.1) is 10.1 Å². The van der Waals surface area contributed by atoms with Crippen molar-refractivity contribution in [3.63, 3.8) is 0 Å². The lowest BCUT2D eigenvalue weighted by Gasteiger charge is -2.10. The van der Waals surface area contributed by atoms with Gasteiger partial charge < -0.3 is 11.5 Å². The van der Waals surface area contributed by atoms with Crippen molar-refractivity contribution >= 4 is 27.4 Å². The maximum atomic E-state index is 12.6. The normalized spacial score (nSPS) is 11.2. The van der Waals surface area contributed by atoms with Crippen molar-refractivity contribution in [2.45, 2.75) is 50.8 Å². The Hall–Kier alpha value is -2.49. The number of nitro groups is 1. The number of carbonyl (C=O) groups is 1. The molecule has 0 aliphatic heterocycles. The molecule has 0 aliphatic carbocycles. The number of hydrogen-bond acceptors (Lipinski definition) is 5. The molecule has 0 atom stereocenters. The molecule has 9 nitrogen and oxygen atoms in total. The molecule has 144 valence electrons.